The summed E-state index contributed by atoms with van der Waals surface area (Å²) in [6.07, 6.45) is 2.62. The van der Waals surface area contributed by atoms with Gasteiger partial charge in [0, 0.05) is 6.54 Å². The third-order valence-electron chi connectivity index (χ3n) is 3.47. The quantitative estimate of drug-likeness (QED) is 0.590. The molecule has 1 rings (SSSR count). The van der Waals surface area contributed by atoms with Crippen LogP contribution in [0.15, 0.2) is 30.3 Å². The van der Waals surface area contributed by atoms with Crippen LogP contribution in [0.4, 0.5) is 0 Å². The average Bonchev–Trinajstić information content (AvgIpc) is 2.56. The minimum absolute atomic E-state index is 0.0402. The summed E-state index contributed by atoms with van der Waals surface area (Å²) >= 11 is 1.58. The molecule has 0 fully saturated rings. The maximum absolute atomic E-state index is 12.2. The highest BCUT2D eigenvalue weighted by Gasteiger charge is 2.21. The van der Waals surface area contributed by atoms with Crippen LogP contribution < -0.4 is 10.6 Å². The molecule has 0 aromatic heterocycles. The number of aliphatic carboxylic acids is 1. The van der Waals surface area contributed by atoms with Crippen molar-refractivity contribution in [3.05, 3.63) is 35.9 Å². The molecule has 0 saturated carbocycles. The number of carbonyl (C=O) groups excluding carboxylic acids is 2. The van der Waals surface area contributed by atoms with Crippen molar-refractivity contribution < 1.29 is 19.5 Å². The zero-order valence-electron chi connectivity index (χ0n) is 14.0. The molecule has 6 nitrogen and oxygen atoms in total. The first-order valence-electron chi connectivity index (χ1n) is 7.76. The second-order valence-corrected chi connectivity index (χ2v) is 6.53. The molecule has 0 aliphatic rings. The lowest BCUT2D eigenvalue weighted by atomic mass is 10.1. The summed E-state index contributed by atoms with van der Waals surface area (Å²) in [6.45, 7) is 1.56. The van der Waals surface area contributed by atoms with Gasteiger partial charge in [-0.05, 0) is 24.0 Å². The lowest BCUT2D eigenvalue weighted by molar-refractivity contribution is -0.141. The van der Waals surface area contributed by atoms with Crippen molar-refractivity contribution in [2.24, 2.45) is 5.92 Å². The summed E-state index contributed by atoms with van der Waals surface area (Å²) in [5, 5.41) is 14.2. The molecule has 0 spiro atoms. The highest BCUT2D eigenvalue weighted by Crippen LogP contribution is 2.04. The lowest BCUT2D eigenvalue weighted by Crippen LogP contribution is -2.48. The SMILES string of the molecule is CSCCC(NC(=O)Cc1ccccc1)C(=O)NCC(C)C(=O)O. The third kappa shape index (κ3) is 7.50. The van der Waals surface area contributed by atoms with E-state index in [4.69, 9.17) is 5.11 Å². The molecule has 7 heteroatoms. The first-order valence-corrected chi connectivity index (χ1v) is 9.16. The van der Waals surface area contributed by atoms with E-state index in [0.29, 0.717) is 6.42 Å². The average molecular weight is 352 g/mol. The van der Waals surface area contributed by atoms with Crippen LogP contribution in [0, 0.1) is 5.92 Å². The normalized spacial score (nSPS) is 12.9. The van der Waals surface area contributed by atoms with Gasteiger partial charge in [0.05, 0.1) is 12.3 Å². The Labute approximate surface area is 146 Å². The molecule has 0 bridgehead atoms. The second kappa shape index (κ2) is 10.7. The highest BCUT2D eigenvalue weighted by atomic mass is 32.2. The van der Waals surface area contributed by atoms with Crippen molar-refractivity contribution >= 4 is 29.5 Å². The molecule has 3 N–H and O–H groups in total. The van der Waals surface area contributed by atoms with Crippen LogP contribution in [0.2, 0.25) is 0 Å². The Hall–Kier alpha value is -2.02. The highest BCUT2D eigenvalue weighted by molar-refractivity contribution is 7.98. The fraction of sp³-hybridized carbons (Fsp3) is 0.471. The first kappa shape index (κ1) is 20.0. The Morgan fingerprint density at radius 1 is 1.21 bits per heavy atom. The minimum atomic E-state index is -0.968. The monoisotopic (exact) mass is 352 g/mol. The predicted octanol–water partition coefficient (Wildman–Crippen LogP) is 1.30. The van der Waals surface area contributed by atoms with Crippen LogP contribution in [0.1, 0.15) is 18.9 Å². The van der Waals surface area contributed by atoms with Crippen LogP contribution in [-0.4, -0.2) is 47.5 Å². The van der Waals surface area contributed by atoms with E-state index in [1.165, 1.54) is 6.92 Å². The maximum atomic E-state index is 12.2. The lowest BCUT2D eigenvalue weighted by Gasteiger charge is -2.19. The molecule has 2 atom stereocenters. The van der Waals surface area contributed by atoms with Gasteiger partial charge < -0.3 is 15.7 Å². The van der Waals surface area contributed by atoms with E-state index < -0.39 is 17.9 Å². The largest absolute Gasteiger partial charge is 0.481 e. The summed E-state index contributed by atoms with van der Waals surface area (Å²) in [7, 11) is 0. The molecule has 0 heterocycles. The Kier molecular flexibility index (Phi) is 8.93. The summed E-state index contributed by atoms with van der Waals surface area (Å²) in [6, 6.07) is 8.63. The van der Waals surface area contributed by atoms with E-state index in [9.17, 15) is 14.4 Å². The number of hydrogen-bond donors (Lipinski definition) is 3. The van der Waals surface area contributed by atoms with E-state index >= 15 is 0 Å². The number of amides is 2. The van der Waals surface area contributed by atoms with Crippen molar-refractivity contribution in [3.8, 4) is 0 Å². The molecule has 132 valence electrons. The van der Waals surface area contributed by atoms with Gasteiger partial charge in [0.15, 0.2) is 0 Å². The molecule has 24 heavy (non-hydrogen) atoms. The number of benzene rings is 1. The number of rotatable bonds is 10. The van der Waals surface area contributed by atoms with Gasteiger partial charge in [-0.1, -0.05) is 37.3 Å². The Morgan fingerprint density at radius 2 is 1.88 bits per heavy atom. The summed E-state index contributed by atoms with van der Waals surface area (Å²) < 4.78 is 0. The predicted molar refractivity (Wildman–Crippen MR) is 94.9 cm³/mol. The second-order valence-electron chi connectivity index (χ2n) is 5.55. The van der Waals surface area contributed by atoms with Gasteiger partial charge in [-0.2, -0.15) is 11.8 Å². The van der Waals surface area contributed by atoms with Crippen LogP contribution in [0.5, 0.6) is 0 Å². The standard InChI is InChI=1S/C17H24N2O4S/c1-12(17(22)23)11-18-16(21)14(8-9-24-2)19-15(20)10-13-6-4-3-5-7-13/h3-7,12,14H,8-11H2,1-2H3,(H,18,21)(H,19,20)(H,22,23). The first-order chi connectivity index (χ1) is 11.4. The van der Waals surface area contributed by atoms with E-state index in [2.05, 4.69) is 10.6 Å². The van der Waals surface area contributed by atoms with Crippen LogP contribution in [-0.2, 0) is 20.8 Å². The molecule has 2 unspecified atom stereocenters. The van der Waals surface area contributed by atoms with Gasteiger partial charge in [-0.15, -0.1) is 0 Å². The number of thioether (sulfide) groups is 1. The molecule has 1 aromatic rings. The molecular weight excluding hydrogens is 328 g/mol. The Bertz CT molecular complexity index is 551. The molecule has 0 aliphatic heterocycles. The smallest absolute Gasteiger partial charge is 0.308 e. The van der Waals surface area contributed by atoms with Gasteiger partial charge in [-0.25, -0.2) is 0 Å². The van der Waals surface area contributed by atoms with Gasteiger partial charge in [0.1, 0.15) is 6.04 Å². The Balaban J connectivity index is 2.58. The van der Waals surface area contributed by atoms with Crippen molar-refractivity contribution in [1.82, 2.24) is 10.6 Å². The van der Waals surface area contributed by atoms with Gasteiger partial charge >= 0.3 is 5.97 Å². The third-order valence-corrected chi connectivity index (χ3v) is 4.12. The van der Waals surface area contributed by atoms with Crippen molar-refractivity contribution in [1.29, 1.82) is 0 Å². The molecule has 0 aliphatic carbocycles. The van der Waals surface area contributed by atoms with Crippen molar-refractivity contribution in [3.63, 3.8) is 0 Å². The van der Waals surface area contributed by atoms with Crippen LogP contribution in [0.3, 0.4) is 0 Å². The molecule has 0 radical (unpaired) electrons. The number of carboxylic acids is 1. The van der Waals surface area contributed by atoms with Crippen LogP contribution >= 0.6 is 11.8 Å². The van der Waals surface area contributed by atoms with E-state index in [-0.39, 0.29) is 24.8 Å². The zero-order valence-corrected chi connectivity index (χ0v) is 14.8. The van der Waals surface area contributed by atoms with E-state index in [1.807, 2.05) is 36.6 Å². The number of carbonyl (C=O) groups is 3. The topological polar surface area (TPSA) is 95.5 Å². The van der Waals surface area contributed by atoms with E-state index in [0.717, 1.165) is 11.3 Å². The van der Waals surface area contributed by atoms with Gasteiger partial charge in [-0.3, -0.25) is 14.4 Å². The zero-order chi connectivity index (χ0) is 17.9. The number of hydrogen-bond acceptors (Lipinski definition) is 4. The van der Waals surface area contributed by atoms with Crippen molar-refractivity contribution in [2.45, 2.75) is 25.8 Å². The summed E-state index contributed by atoms with van der Waals surface area (Å²) in [5.41, 5.74) is 0.874. The van der Waals surface area contributed by atoms with Crippen LogP contribution in [0.25, 0.3) is 0 Å². The fourth-order valence-corrected chi connectivity index (χ4v) is 2.47. The van der Waals surface area contributed by atoms with E-state index in [1.54, 1.807) is 11.8 Å². The van der Waals surface area contributed by atoms with Crippen molar-refractivity contribution in [2.75, 3.05) is 18.6 Å². The van der Waals surface area contributed by atoms with Gasteiger partial charge in [0.2, 0.25) is 11.8 Å². The molecule has 2 amide bonds. The molecular formula is C17H24N2O4S. The number of nitrogens with one attached hydrogen (secondary N) is 2. The van der Waals surface area contributed by atoms with Gasteiger partial charge in [0.25, 0.3) is 0 Å². The number of carboxylic acid groups (broad SMARTS) is 1. The minimum Gasteiger partial charge on any atom is -0.481 e. The molecule has 1 aromatic carbocycles. The summed E-state index contributed by atoms with van der Waals surface area (Å²) in [5.74, 6) is -1.50. The fourth-order valence-electron chi connectivity index (χ4n) is 2.00. The Morgan fingerprint density at radius 3 is 2.46 bits per heavy atom. The maximum Gasteiger partial charge on any atom is 0.308 e. The summed E-state index contributed by atoms with van der Waals surface area (Å²) in [4.78, 5) is 35.2. The molecule has 0 saturated heterocycles.